The van der Waals surface area contributed by atoms with E-state index in [2.05, 4.69) is 10.3 Å². The summed E-state index contributed by atoms with van der Waals surface area (Å²) in [7, 11) is 1.54. The number of hydrogen-bond donors (Lipinski definition) is 1. The lowest BCUT2D eigenvalue weighted by Gasteiger charge is -2.25. The second-order valence-corrected chi connectivity index (χ2v) is 4.13. The second kappa shape index (κ2) is 5.03. The van der Waals surface area contributed by atoms with Crippen molar-refractivity contribution >= 4 is 5.91 Å². The molecule has 0 radical (unpaired) electrons. The summed E-state index contributed by atoms with van der Waals surface area (Å²) >= 11 is 0. The Labute approximate surface area is 93.8 Å². The maximum absolute atomic E-state index is 13.2. The summed E-state index contributed by atoms with van der Waals surface area (Å²) in [5, 5.41) is 2.68. The molecular formula is C11H15FN2O2. The van der Waals surface area contributed by atoms with Gasteiger partial charge in [0.05, 0.1) is 23.9 Å². The molecule has 1 heterocycles. The molecule has 4 nitrogen and oxygen atoms in total. The number of carbonyl (C=O) groups excluding carboxylic acids is 1. The first-order valence-electron chi connectivity index (χ1n) is 4.87. The molecule has 0 atom stereocenters. The fourth-order valence-corrected chi connectivity index (χ4v) is 1.33. The van der Waals surface area contributed by atoms with Gasteiger partial charge in [-0.25, -0.2) is 4.39 Å². The van der Waals surface area contributed by atoms with Crippen LogP contribution >= 0.6 is 0 Å². The molecule has 0 unspecified atom stereocenters. The van der Waals surface area contributed by atoms with Gasteiger partial charge in [0.25, 0.3) is 5.91 Å². The highest BCUT2D eigenvalue weighted by atomic mass is 19.1. The minimum atomic E-state index is -0.631. The van der Waals surface area contributed by atoms with Crippen LogP contribution in [-0.2, 0) is 4.74 Å². The highest BCUT2D eigenvalue weighted by molar-refractivity contribution is 5.94. The Balaban J connectivity index is 2.77. The zero-order valence-electron chi connectivity index (χ0n) is 9.58. The van der Waals surface area contributed by atoms with Gasteiger partial charge >= 0.3 is 0 Å². The van der Waals surface area contributed by atoms with Gasteiger partial charge in [-0.05, 0) is 19.9 Å². The number of rotatable bonds is 4. The van der Waals surface area contributed by atoms with Gasteiger partial charge in [-0.15, -0.1) is 0 Å². The second-order valence-electron chi connectivity index (χ2n) is 4.13. The van der Waals surface area contributed by atoms with Gasteiger partial charge in [-0.1, -0.05) is 0 Å². The number of aromatic nitrogens is 1. The van der Waals surface area contributed by atoms with Crippen molar-refractivity contribution in [3.63, 3.8) is 0 Å². The van der Waals surface area contributed by atoms with Crippen molar-refractivity contribution in [2.24, 2.45) is 0 Å². The zero-order chi connectivity index (χ0) is 12.2. The molecular weight excluding hydrogens is 211 g/mol. The molecule has 0 aliphatic rings. The molecule has 1 aromatic rings. The number of nitrogens with one attached hydrogen (secondary N) is 1. The zero-order valence-corrected chi connectivity index (χ0v) is 9.58. The average Bonchev–Trinajstić information content (AvgIpc) is 2.17. The lowest BCUT2D eigenvalue weighted by atomic mass is 10.1. The van der Waals surface area contributed by atoms with Crippen molar-refractivity contribution in [2.75, 3.05) is 13.7 Å². The van der Waals surface area contributed by atoms with E-state index in [1.165, 1.54) is 12.3 Å². The Kier molecular flexibility index (Phi) is 3.95. The van der Waals surface area contributed by atoms with Crippen molar-refractivity contribution in [1.29, 1.82) is 0 Å². The van der Waals surface area contributed by atoms with Crippen molar-refractivity contribution in [2.45, 2.75) is 19.4 Å². The number of nitrogens with zero attached hydrogens (tertiary/aromatic N) is 1. The van der Waals surface area contributed by atoms with E-state index in [0.717, 1.165) is 6.20 Å². The van der Waals surface area contributed by atoms with Crippen LogP contribution in [0.2, 0.25) is 0 Å². The molecule has 0 saturated carbocycles. The predicted octanol–water partition coefficient (Wildman–Crippen LogP) is 1.38. The fraction of sp³-hybridized carbons (Fsp3) is 0.455. The predicted molar refractivity (Wildman–Crippen MR) is 57.6 cm³/mol. The first-order valence-corrected chi connectivity index (χ1v) is 4.87. The topological polar surface area (TPSA) is 51.2 Å². The van der Waals surface area contributed by atoms with Crippen LogP contribution in [0.4, 0.5) is 4.39 Å². The van der Waals surface area contributed by atoms with E-state index in [4.69, 9.17) is 4.74 Å². The minimum absolute atomic E-state index is 0.0146. The summed E-state index contributed by atoms with van der Waals surface area (Å²) in [6.07, 6.45) is 2.39. The van der Waals surface area contributed by atoms with Crippen LogP contribution in [0, 0.1) is 5.82 Å². The van der Waals surface area contributed by atoms with E-state index in [-0.39, 0.29) is 5.56 Å². The number of amides is 1. The Morgan fingerprint density at radius 3 is 2.88 bits per heavy atom. The summed E-state index contributed by atoms with van der Waals surface area (Å²) < 4.78 is 18.2. The SMILES string of the molecule is COCC(C)(C)NC(=O)c1ccncc1F. The molecule has 1 N–H and O–H groups in total. The van der Waals surface area contributed by atoms with Gasteiger partial charge in [-0.3, -0.25) is 9.78 Å². The van der Waals surface area contributed by atoms with Crippen LogP contribution in [0.15, 0.2) is 18.5 Å². The largest absolute Gasteiger partial charge is 0.382 e. The first-order chi connectivity index (χ1) is 7.46. The Morgan fingerprint density at radius 2 is 2.31 bits per heavy atom. The average molecular weight is 226 g/mol. The van der Waals surface area contributed by atoms with Crippen molar-refractivity contribution in [3.05, 3.63) is 29.8 Å². The molecule has 0 aliphatic heterocycles. The first kappa shape index (κ1) is 12.6. The van der Waals surface area contributed by atoms with Crippen LogP contribution in [0.25, 0.3) is 0 Å². The molecule has 0 fully saturated rings. The molecule has 88 valence electrons. The maximum Gasteiger partial charge on any atom is 0.254 e. The van der Waals surface area contributed by atoms with Crippen LogP contribution < -0.4 is 5.32 Å². The van der Waals surface area contributed by atoms with E-state index in [1.807, 2.05) is 0 Å². The van der Waals surface area contributed by atoms with Crippen molar-refractivity contribution in [1.82, 2.24) is 10.3 Å². The molecule has 1 amide bonds. The van der Waals surface area contributed by atoms with Gasteiger partial charge < -0.3 is 10.1 Å². The number of pyridine rings is 1. The Bertz CT molecular complexity index is 380. The number of halogens is 1. The normalized spacial score (nSPS) is 11.2. The highest BCUT2D eigenvalue weighted by Crippen LogP contribution is 2.08. The third-order valence-corrected chi connectivity index (χ3v) is 1.97. The number of hydrogen-bond acceptors (Lipinski definition) is 3. The molecule has 0 aromatic carbocycles. The van der Waals surface area contributed by atoms with Crippen molar-refractivity contribution in [3.8, 4) is 0 Å². The summed E-state index contributed by atoms with van der Waals surface area (Å²) in [5.74, 6) is -1.10. The monoisotopic (exact) mass is 226 g/mol. The van der Waals surface area contributed by atoms with Crippen LogP contribution in [0.5, 0.6) is 0 Å². The molecule has 1 rings (SSSR count). The van der Waals surface area contributed by atoms with Gasteiger partial charge in [0.15, 0.2) is 5.82 Å². The molecule has 0 saturated heterocycles. The van der Waals surface area contributed by atoms with Crippen LogP contribution in [0.3, 0.4) is 0 Å². The minimum Gasteiger partial charge on any atom is -0.382 e. The van der Waals surface area contributed by atoms with Gasteiger partial charge in [0.1, 0.15) is 0 Å². The summed E-state index contributed by atoms with van der Waals surface area (Å²) in [6.45, 7) is 3.95. The fourth-order valence-electron chi connectivity index (χ4n) is 1.33. The van der Waals surface area contributed by atoms with E-state index < -0.39 is 17.3 Å². The number of methoxy groups -OCH3 is 1. The summed E-state index contributed by atoms with van der Waals surface area (Å²) in [4.78, 5) is 15.3. The lowest BCUT2D eigenvalue weighted by molar-refractivity contribution is 0.0816. The van der Waals surface area contributed by atoms with Gasteiger partial charge in [0.2, 0.25) is 0 Å². The van der Waals surface area contributed by atoms with E-state index in [9.17, 15) is 9.18 Å². The molecule has 0 bridgehead atoms. The summed E-state index contributed by atoms with van der Waals surface area (Å²) in [5.41, 5.74) is -0.555. The summed E-state index contributed by atoms with van der Waals surface area (Å²) in [6, 6.07) is 1.34. The third-order valence-electron chi connectivity index (χ3n) is 1.97. The molecule has 16 heavy (non-hydrogen) atoms. The number of carbonyl (C=O) groups is 1. The molecule has 0 aliphatic carbocycles. The van der Waals surface area contributed by atoms with E-state index >= 15 is 0 Å². The Morgan fingerprint density at radius 1 is 1.62 bits per heavy atom. The molecule has 1 aromatic heterocycles. The Hall–Kier alpha value is -1.49. The maximum atomic E-state index is 13.2. The van der Waals surface area contributed by atoms with E-state index in [0.29, 0.717) is 6.61 Å². The van der Waals surface area contributed by atoms with Crippen LogP contribution in [-0.4, -0.2) is 30.1 Å². The number of ether oxygens (including phenoxy) is 1. The van der Waals surface area contributed by atoms with E-state index in [1.54, 1.807) is 21.0 Å². The lowest BCUT2D eigenvalue weighted by Crippen LogP contribution is -2.47. The standard InChI is InChI=1S/C11H15FN2O2/c1-11(2,7-16-3)14-10(15)8-4-5-13-6-9(8)12/h4-6H,7H2,1-3H3,(H,14,15). The molecule has 5 heteroatoms. The highest BCUT2D eigenvalue weighted by Gasteiger charge is 2.22. The smallest absolute Gasteiger partial charge is 0.254 e. The quantitative estimate of drug-likeness (QED) is 0.843. The van der Waals surface area contributed by atoms with Crippen molar-refractivity contribution < 1.29 is 13.9 Å². The third kappa shape index (κ3) is 3.27. The van der Waals surface area contributed by atoms with Gasteiger partial charge in [0, 0.05) is 13.3 Å². The van der Waals surface area contributed by atoms with Gasteiger partial charge in [-0.2, -0.15) is 0 Å². The molecule has 0 spiro atoms. The van der Waals surface area contributed by atoms with Crippen LogP contribution in [0.1, 0.15) is 24.2 Å².